The van der Waals surface area contributed by atoms with E-state index in [0.29, 0.717) is 22.8 Å². The SMILES string of the molecule is C/C=C(F)\C(=N/C(=N)c1cc(-c2ccon2)n(Cc2ccccc2F)n1)N1CCn2c(nnc2C(N)=O)C1. The van der Waals surface area contributed by atoms with Crippen molar-refractivity contribution in [1.82, 2.24) is 34.6 Å². The summed E-state index contributed by atoms with van der Waals surface area (Å²) in [6, 6.07) is 9.45. The minimum atomic E-state index is -0.707. The Morgan fingerprint density at radius 2 is 2.08 bits per heavy atom. The summed E-state index contributed by atoms with van der Waals surface area (Å²) in [5.41, 5.74) is 6.75. The van der Waals surface area contributed by atoms with E-state index in [9.17, 15) is 13.6 Å². The third-order valence-electron chi connectivity index (χ3n) is 5.96. The molecule has 0 fully saturated rings. The number of primary amides is 1. The van der Waals surface area contributed by atoms with Crippen LogP contribution in [0.2, 0.25) is 0 Å². The van der Waals surface area contributed by atoms with Crippen molar-refractivity contribution in [1.29, 1.82) is 5.41 Å². The van der Waals surface area contributed by atoms with Gasteiger partial charge >= 0.3 is 0 Å². The molecule has 3 N–H and O–H groups in total. The van der Waals surface area contributed by atoms with Gasteiger partial charge in [0.2, 0.25) is 5.82 Å². The van der Waals surface area contributed by atoms with Crippen molar-refractivity contribution in [2.45, 2.75) is 26.6 Å². The van der Waals surface area contributed by atoms with Crippen LogP contribution in [0.25, 0.3) is 11.4 Å². The highest BCUT2D eigenvalue weighted by molar-refractivity contribution is 6.08. The summed E-state index contributed by atoms with van der Waals surface area (Å²) in [5, 5.41) is 24.8. The van der Waals surface area contributed by atoms with Crippen molar-refractivity contribution < 1.29 is 18.1 Å². The minimum absolute atomic E-state index is 0.0261. The molecule has 12 nitrogen and oxygen atoms in total. The number of halogens is 2. The summed E-state index contributed by atoms with van der Waals surface area (Å²) < 4.78 is 37.3. The fourth-order valence-electron chi connectivity index (χ4n) is 4.08. The van der Waals surface area contributed by atoms with Crippen LogP contribution in [0.15, 0.2) is 64.1 Å². The molecule has 4 aromatic rings. The van der Waals surface area contributed by atoms with Gasteiger partial charge in [-0.15, -0.1) is 10.2 Å². The molecule has 5 rings (SSSR count). The zero-order valence-corrected chi connectivity index (χ0v) is 20.2. The molecule has 38 heavy (non-hydrogen) atoms. The van der Waals surface area contributed by atoms with Crippen LogP contribution in [0.5, 0.6) is 0 Å². The van der Waals surface area contributed by atoms with Crippen LogP contribution in [0.3, 0.4) is 0 Å². The molecule has 0 spiro atoms. The van der Waals surface area contributed by atoms with Gasteiger partial charge in [-0.2, -0.15) is 5.10 Å². The second-order valence-electron chi connectivity index (χ2n) is 8.35. The molecule has 14 heteroatoms. The monoisotopic (exact) mass is 520 g/mol. The predicted octanol–water partition coefficient (Wildman–Crippen LogP) is 2.53. The largest absolute Gasteiger partial charge is 0.364 e. The summed E-state index contributed by atoms with van der Waals surface area (Å²) in [6.45, 7) is 2.21. The number of carbonyl (C=O) groups excluding carboxylic acids is 1. The van der Waals surface area contributed by atoms with E-state index in [1.807, 2.05) is 0 Å². The normalized spacial score (nSPS) is 14.0. The second-order valence-corrected chi connectivity index (χ2v) is 8.35. The average molecular weight is 521 g/mol. The van der Waals surface area contributed by atoms with Gasteiger partial charge in [0.25, 0.3) is 5.91 Å². The molecule has 0 aliphatic carbocycles. The van der Waals surface area contributed by atoms with Crippen LogP contribution in [-0.2, 0) is 19.6 Å². The molecule has 0 atom stereocenters. The van der Waals surface area contributed by atoms with Crippen LogP contribution < -0.4 is 5.73 Å². The highest BCUT2D eigenvalue weighted by Gasteiger charge is 2.27. The van der Waals surface area contributed by atoms with E-state index >= 15 is 0 Å². The molecule has 1 amide bonds. The van der Waals surface area contributed by atoms with Crippen molar-refractivity contribution in [2.75, 3.05) is 6.54 Å². The molecule has 194 valence electrons. The second kappa shape index (κ2) is 10.2. The molecule has 0 saturated carbocycles. The first kappa shape index (κ1) is 24.7. The number of aliphatic imine (C=N–C) groups is 1. The van der Waals surface area contributed by atoms with Crippen molar-refractivity contribution in [2.24, 2.45) is 10.7 Å². The maximum absolute atomic E-state index is 15.0. The molecule has 1 aromatic carbocycles. The van der Waals surface area contributed by atoms with E-state index in [0.717, 1.165) is 0 Å². The predicted molar refractivity (Wildman–Crippen MR) is 131 cm³/mol. The van der Waals surface area contributed by atoms with Gasteiger partial charge in [0.1, 0.15) is 23.5 Å². The van der Waals surface area contributed by atoms with Gasteiger partial charge in [0, 0.05) is 24.7 Å². The first-order valence-corrected chi connectivity index (χ1v) is 11.5. The van der Waals surface area contributed by atoms with E-state index < -0.39 is 17.6 Å². The van der Waals surface area contributed by atoms with E-state index in [1.54, 1.807) is 39.8 Å². The summed E-state index contributed by atoms with van der Waals surface area (Å²) in [5.74, 6) is -1.74. The van der Waals surface area contributed by atoms with Gasteiger partial charge in [-0.25, -0.2) is 13.8 Å². The lowest BCUT2D eigenvalue weighted by Gasteiger charge is -2.29. The lowest BCUT2D eigenvalue weighted by molar-refractivity contribution is 0.0984. The summed E-state index contributed by atoms with van der Waals surface area (Å²) in [7, 11) is 0. The summed E-state index contributed by atoms with van der Waals surface area (Å²) >= 11 is 0. The number of hydrogen-bond donors (Lipinski definition) is 2. The van der Waals surface area contributed by atoms with E-state index in [-0.39, 0.29) is 49.4 Å². The van der Waals surface area contributed by atoms with Crippen molar-refractivity contribution in [3.05, 3.63) is 83.3 Å². The maximum Gasteiger partial charge on any atom is 0.286 e. The maximum atomic E-state index is 15.0. The number of aromatic nitrogens is 6. The zero-order valence-electron chi connectivity index (χ0n) is 20.2. The van der Waals surface area contributed by atoms with E-state index in [1.165, 1.54) is 30.0 Å². The number of nitrogens with two attached hydrogens (primary N) is 1. The van der Waals surface area contributed by atoms with E-state index in [4.69, 9.17) is 15.7 Å². The van der Waals surface area contributed by atoms with Crippen molar-refractivity contribution >= 4 is 17.6 Å². The molecule has 0 unspecified atom stereocenters. The highest BCUT2D eigenvalue weighted by atomic mass is 19.1. The first-order valence-electron chi connectivity index (χ1n) is 11.5. The molecular weight excluding hydrogens is 498 g/mol. The van der Waals surface area contributed by atoms with Gasteiger partial charge in [0.15, 0.2) is 23.3 Å². The number of rotatable bonds is 6. The first-order chi connectivity index (χ1) is 18.4. The van der Waals surface area contributed by atoms with E-state index in [2.05, 4.69) is 25.4 Å². The minimum Gasteiger partial charge on any atom is -0.364 e. The Balaban J connectivity index is 1.48. The molecular formula is C24H22F2N10O2. The summed E-state index contributed by atoms with van der Waals surface area (Å²) in [4.78, 5) is 17.4. The molecule has 0 radical (unpaired) electrons. The van der Waals surface area contributed by atoms with Crippen LogP contribution >= 0.6 is 0 Å². The quantitative estimate of drug-likeness (QED) is 0.292. The smallest absolute Gasteiger partial charge is 0.286 e. The Labute approximate surface area is 214 Å². The van der Waals surface area contributed by atoms with Crippen LogP contribution in [-0.4, -0.2) is 58.7 Å². The number of nitrogens with zero attached hydrogens (tertiary/aromatic N) is 8. The Morgan fingerprint density at radius 1 is 1.26 bits per heavy atom. The van der Waals surface area contributed by atoms with Crippen LogP contribution in [0, 0.1) is 11.2 Å². The molecule has 4 heterocycles. The summed E-state index contributed by atoms with van der Waals surface area (Å²) in [6.07, 6.45) is 2.62. The molecule has 1 aliphatic heterocycles. The Morgan fingerprint density at radius 3 is 2.79 bits per heavy atom. The van der Waals surface area contributed by atoms with Crippen LogP contribution in [0.1, 0.15) is 34.6 Å². The Kier molecular flexibility index (Phi) is 6.60. The standard InChI is InChI=1S/C24H22F2N10O2/c1-2-15(25)23(34-8-9-35-20(13-34)30-31-24(35)22(28)37)29-21(27)18-11-19(17-7-10-38-33-17)36(32-18)12-14-5-3-4-6-16(14)26/h2-7,10-11,27H,8-9,12-13H2,1H3,(H2,28,37)/b15-2+,27-21?,29-23+. The molecule has 0 bridgehead atoms. The fourth-order valence-corrected chi connectivity index (χ4v) is 4.08. The van der Waals surface area contributed by atoms with Gasteiger partial charge < -0.3 is 19.7 Å². The van der Waals surface area contributed by atoms with Crippen molar-refractivity contribution in [3.63, 3.8) is 0 Å². The third-order valence-corrected chi connectivity index (χ3v) is 5.96. The molecule has 3 aromatic heterocycles. The third kappa shape index (κ3) is 4.70. The molecule has 0 saturated heterocycles. The van der Waals surface area contributed by atoms with Gasteiger partial charge in [0.05, 0.1) is 18.8 Å². The topological polar surface area (TPSA) is 157 Å². The number of nitrogens with one attached hydrogen (secondary N) is 1. The number of benzene rings is 1. The number of fused-ring (bicyclic) bond motifs is 1. The number of carbonyl (C=O) groups is 1. The lowest BCUT2D eigenvalue weighted by atomic mass is 10.2. The number of hydrogen-bond acceptors (Lipinski definition) is 7. The Hall–Kier alpha value is -5.01. The van der Waals surface area contributed by atoms with Crippen LogP contribution in [0.4, 0.5) is 8.78 Å². The van der Waals surface area contributed by atoms with Gasteiger partial charge in [-0.05, 0) is 25.1 Å². The average Bonchev–Trinajstić information content (AvgIpc) is 3.67. The van der Waals surface area contributed by atoms with Gasteiger partial charge in [-0.1, -0.05) is 23.4 Å². The molecule has 1 aliphatic rings. The van der Waals surface area contributed by atoms with Crippen molar-refractivity contribution in [3.8, 4) is 11.4 Å². The van der Waals surface area contributed by atoms with Gasteiger partial charge in [-0.3, -0.25) is 14.9 Å². The number of amidine groups is 2. The number of allylic oxidation sites excluding steroid dienone is 1. The lowest BCUT2D eigenvalue weighted by Crippen LogP contribution is -2.40. The Bertz CT molecular complexity index is 1570. The fraction of sp³-hybridized carbons (Fsp3) is 0.208. The zero-order chi connectivity index (χ0) is 26.8. The number of amides is 1. The highest BCUT2D eigenvalue weighted by Crippen LogP contribution is 2.22.